The summed E-state index contributed by atoms with van der Waals surface area (Å²) in [5, 5.41) is 0. The van der Waals surface area contributed by atoms with Crippen molar-refractivity contribution in [3.05, 3.63) is 28.2 Å². The van der Waals surface area contributed by atoms with Gasteiger partial charge in [-0.05, 0) is 30.5 Å². The number of nitrogens with zero attached hydrogens (tertiary/aromatic N) is 1. The van der Waals surface area contributed by atoms with Crippen molar-refractivity contribution in [2.75, 3.05) is 18.0 Å². The van der Waals surface area contributed by atoms with Crippen molar-refractivity contribution in [3.63, 3.8) is 0 Å². The Balaban J connectivity index is 2.28. The van der Waals surface area contributed by atoms with Gasteiger partial charge in [-0.25, -0.2) is 8.78 Å². The van der Waals surface area contributed by atoms with E-state index in [4.69, 9.17) is 0 Å². The molecule has 0 atom stereocenters. The van der Waals surface area contributed by atoms with Gasteiger partial charge >= 0.3 is 0 Å². The molecule has 0 spiro atoms. The predicted molar refractivity (Wildman–Crippen MR) is 60.7 cm³/mol. The summed E-state index contributed by atoms with van der Waals surface area (Å²) in [6.45, 7) is 0.567. The van der Waals surface area contributed by atoms with E-state index in [-0.39, 0.29) is 6.54 Å². The molecule has 0 radical (unpaired) electrons. The summed E-state index contributed by atoms with van der Waals surface area (Å²) in [6, 6.07) is 5.90. The highest BCUT2D eigenvalue weighted by Crippen LogP contribution is 2.30. The van der Waals surface area contributed by atoms with Gasteiger partial charge < -0.3 is 4.90 Å². The summed E-state index contributed by atoms with van der Waals surface area (Å²) in [4.78, 5) is 1.77. The third-order valence-electron chi connectivity index (χ3n) is 2.62. The Morgan fingerprint density at radius 3 is 2.93 bits per heavy atom. The van der Waals surface area contributed by atoms with Crippen LogP contribution < -0.4 is 4.90 Å². The van der Waals surface area contributed by atoms with Crippen LogP contribution in [0.4, 0.5) is 14.5 Å². The maximum atomic E-state index is 12.4. The normalized spacial score (nSPS) is 15.6. The lowest BCUT2D eigenvalue weighted by Crippen LogP contribution is -2.33. The maximum absolute atomic E-state index is 12.4. The average molecular weight is 276 g/mol. The standard InChI is InChI=1S/C11H12BrF2N/c12-9-4-3-8-2-1-5-15(7-11(13)14)10(8)6-9/h3-4,6,11H,1-2,5,7H2. The van der Waals surface area contributed by atoms with Gasteiger partial charge in [0.15, 0.2) is 0 Å². The van der Waals surface area contributed by atoms with Crippen LogP contribution in [0.2, 0.25) is 0 Å². The molecule has 1 aliphatic rings. The molecule has 0 N–H and O–H groups in total. The average Bonchev–Trinajstić information content (AvgIpc) is 2.18. The van der Waals surface area contributed by atoms with E-state index in [0.29, 0.717) is 0 Å². The second-order valence-electron chi connectivity index (χ2n) is 3.71. The zero-order valence-electron chi connectivity index (χ0n) is 8.22. The Morgan fingerprint density at radius 2 is 2.20 bits per heavy atom. The van der Waals surface area contributed by atoms with Gasteiger partial charge in [-0.3, -0.25) is 0 Å². The molecule has 0 saturated carbocycles. The molecule has 0 aliphatic carbocycles. The number of anilines is 1. The molecule has 2 rings (SSSR count). The molecule has 15 heavy (non-hydrogen) atoms. The van der Waals surface area contributed by atoms with Crippen LogP contribution in [0.25, 0.3) is 0 Å². The highest BCUT2D eigenvalue weighted by molar-refractivity contribution is 9.10. The molecule has 0 aromatic heterocycles. The Morgan fingerprint density at radius 1 is 1.40 bits per heavy atom. The minimum atomic E-state index is -2.27. The van der Waals surface area contributed by atoms with Gasteiger partial charge in [0.2, 0.25) is 0 Å². The lowest BCUT2D eigenvalue weighted by atomic mass is 10.0. The number of rotatable bonds is 2. The summed E-state index contributed by atoms with van der Waals surface area (Å²) < 4.78 is 25.7. The van der Waals surface area contributed by atoms with Gasteiger partial charge in [0.1, 0.15) is 0 Å². The third-order valence-corrected chi connectivity index (χ3v) is 3.11. The second kappa shape index (κ2) is 4.47. The zero-order chi connectivity index (χ0) is 10.8. The fourth-order valence-electron chi connectivity index (χ4n) is 1.98. The predicted octanol–water partition coefficient (Wildman–Crippen LogP) is 3.47. The topological polar surface area (TPSA) is 3.24 Å². The summed E-state index contributed by atoms with van der Waals surface area (Å²) in [7, 11) is 0. The molecule has 1 aromatic rings. The highest BCUT2D eigenvalue weighted by atomic mass is 79.9. The molecule has 1 aromatic carbocycles. The lowest BCUT2D eigenvalue weighted by molar-refractivity contribution is 0.154. The molecule has 0 saturated heterocycles. The summed E-state index contributed by atoms with van der Waals surface area (Å²) in [6.07, 6.45) is -0.320. The molecule has 1 aliphatic heterocycles. The van der Waals surface area contributed by atoms with Crippen molar-refractivity contribution < 1.29 is 8.78 Å². The summed E-state index contributed by atoms with van der Waals surface area (Å²) >= 11 is 3.37. The van der Waals surface area contributed by atoms with Crippen molar-refractivity contribution in [1.29, 1.82) is 0 Å². The second-order valence-corrected chi connectivity index (χ2v) is 4.63. The van der Waals surface area contributed by atoms with E-state index in [0.717, 1.165) is 29.5 Å². The van der Waals surface area contributed by atoms with Gasteiger partial charge in [-0.1, -0.05) is 22.0 Å². The molecule has 1 nitrogen and oxygen atoms in total. The number of fused-ring (bicyclic) bond motifs is 1. The van der Waals surface area contributed by atoms with Crippen molar-refractivity contribution in [2.24, 2.45) is 0 Å². The molecule has 0 fully saturated rings. The molecule has 0 amide bonds. The number of hydrogen-bond donors (Lipinski definition) is 0. The molecule has 82 valence electrons. The largest absolute Gasteiger partial charge is 0.366 e. The van der Waals surface area contributed by atoms with E-state index in [1.54, 1.807) is 4.90 Å². The quantitative estimate of drug-likeness (QED) is 0.799. The van der Waals surface area contributed by atoms with Gasteiger partial charge in [0, 0.05) is 16.7 Å². The fourth-order valence-corrected chi connectivity index (χ4v) is 2.33. The van der Waals surface area contributed by atoms with Crippen LogP contribution in [-0.2, 0) is 6.42 Å². The van der Waals surface area contributed by atoms with Gasteiger partial charge in [-0.2, -0.15) is 0 Å². The molecule has 0 unspecified atom stereocenters. The Bertz CT molecular complexity index is 354. The van der Waals surface area contributed by atoms with Crippen LogP contribution in [0, 0.1) is 0 Å². The van der Waals surface area contributed by atoms with Crippen LogP contribution in [0.3, 0.4) is 0 Å². The first-order valence-electron chi connectivity index (χ1n) is 4.98. The Hall–Kier alpha value is -0.640. The highest BCUT2D eigenvalue weighted by Gasteiger charge is 2.19. The molecule has 1 heterocycles. The lowest BCUT2D eigenvalue weighted by Gasteiger charge is -2.31. The van der Waals surface area contributed by atoms with Crippen molar-refractivity contribution >= 4 is 21.6 Å². The van der Waals surface area contributed by atoms with E-state index >= 15 is 0 Å². The van der Waals surface area contributed by atoms with Crippen molar-refractivity contribution in [1.82, 2.24) is 0 Å². The Kier molecular flexibility index (Phi) is 3.24. The first kappa shape index (κ1) is 10.9. The molecular weight excluding hydrogens is 264 g/mol. The zero-order valence-corrected chi connectivity index (χ0v) is 9.80. The molecule has 4 heteroatoms. The van der Waals surface area contributed by atoms with E-state index in [9.17, 15) is 8.78 Å². The third kappa shape index (κ3) is 2.48. The molecule has 0 bridgehead atoms. The van der Waals surface area contributed by atoms with Gasteiger partial charge in [0.05, 0.1) is 6.54 Å². The number of halogens is 3. The van der Waals surface area contributed by atoms with Gasteiger partial charge in [0.25, 0.3) is 6.43 Å². The first-order chi connectivity index (χ1) is 7.16. The maximum Gasteiger partial charge on any atom is 0.255 e. The van der Waals surface area contributed by atoms with Crippen LogP contribution in [-0.4, -0.2) is 19.5 Å². The minimum absolute atomic E-state index is 0.163. The van der Waals surface area contributed by atoms with E-state index in [2.05, 4.69) is 15.9 Å². The number of benzene rings is 1. The van der Waals surface area contributed by atoms with Crippen LogP contribution >= 0.6 is 15.9 Å². The van der Waals surface area contributed by atoms with E-state index < -0.39 is 6.43 Å². The fraction of sp³-hybridized carbons (Fsp3) is 0.455. The van der Waals surface area contributed by atoms with Crippen LogP contribution in [0.5, 0.6) is 0 Å². The smallest absolute Gasteiger partial charge is 0.255 e. The Labute approximate surface area is 96.2 Å². The number of aryl methyl sites for hydroxylation is 1. The number of alkyl halides is 2. The first-order valence-corrected chi connectivity index (χ1v) is 5.77. The number of hydrogen-bond acceptors (Lipinski definition) is 1. The van der Waals surface area contributed by atoms with Crippen LogP contribution in [0.1, 0.15) is 12.0 Å². The van der Waals surface area contributed by atoms with E-state index in [1.165, 1.54) is 5.56 Å². The molecular formula is C11H12BrF2N. The monoisotopic (exact) mass is 275 g/mol. The SMILES string of the molecule is FC(F)CN1CCCc2ccc(Br)cc21. The van der Waals surface area contributed by atoms with Crippen molar-refractivity contribution in [2.45, 2.75) is 19.3 Å². The minimum Gasteiger partial charge on any atom is -0.366 e. The summed E-state index contributed by atoms with van der Waals surface area (Å²) in [5.41, 5.74) is 2.13. The van der Waals surface area contributed by atoms with Crippen molar-refractivity contribution in [3.8, 4) is 0 Å². The van der Waals surface area contributed by atoms with Crippen LogP contribution in [0.15, 0.2) is 22.7 Å². The van der Waals surface area contributed by atoms with Gasteiger partial charge in [-0.15, -0.1) is 0 Å². The summed E-state index contributed by atoms with van der Waals surface area (Å²) in [5.74, 6) is 0. The van der Waals surface area contributed by atoms with E-state index in [1.807, 2.05) is 18.2 Å².